The molecule has 0 saturated carbocycles. The van der Waals surface area contributed by atoms with Crippen LogP contribution < -0.4 is 0 Å². The molecular weight excluding hydrogens is 301 g/mol. The van der Waals surface area contributed by atoms with Crippen molar-refractivity contribution < 1.29 is 4.39 Å². The molecule has 3 aromatic rings. The molecule has 1 atom stereocenters. The molecule has 0 radical (unpaired) electrons. The van der Waals surface area contributed by atoms with Crippen molar-refractivity contribution in [3.05, 3.63) is 65.4 Å². The summed E-state index contributed by atoms with van der Waals surface area (Å²) in [5.41, 5.74) is 4.88. The zero-order valence-electron chi connectivity index (χ0n) is 14.2. The lowest BCUT2D eigenvalue weighted by Crippen LogP contribution is -2.31. The zero-order chi connectivity index (χ0) is 16.7. The van der Waals surface area contributed by atoms with Gasteiger partial charge in [0.1, 0.15) is 5.82 Å². The van der Waals surface area contributed by atoms with Gasteiger partial charge in [-0.3, -0.25) is 9.88 Å². The van der Waals surface area contributed by atoms with Crippen molar-refractivity contribution in [3.63, 3.8) is 0 Å². The van der Waals surface area contributed by atoms with Gasteiger partial charge in [-0.15, -0.1) is 0 Å². The maximum atomic E-state index is 13.9. The fourth-order valence-electron chi connectivity index (χ4n) is 3.87. The Kier molecular flexibility index (Phi) is 3.85. The minimum Gasteiger partial charge on any atom is -0.344 e. The van der Waals surface area contributed by atoms with Crippen molar-refractivity contribution in [3.8, 4) is 0 Å². The molecule has 0 N–H and O–H groups in total. The normalized spacial score (nSPS) is 18.0. The molecule has 4 heteroatoms. The third kappa shape index (κ3) is 2.51. The van der Waals surface area contributed by atoms with E-state index in [1.165, 1.54) is 11.3 Å². The summed E-state index contributed by atoms with van der Waals surface area (Å²) >= 11 is 0. The van der Waals surface area contributed by atoms with Gasteiger partial charge >= 0.3 is 0 Å². The predicted octanol–water partition coefficient (Wildman–Crippen LogP) is 3.97. The number of benzene rings is 1. The van der Waals surface area contributed by atoms with Crippen molar-refractivity contribution in [2.24, 2.45) is 0 Å². The summed E-state index contributed by atoms with van der Waals surface area (Å²) < 4.78 is 16.2. The van der Waals surface area contributed by atoms with Crippen LogP contribution in [0.25, 0.3) is 10.9 Å². The molecule has 3 heterocycles. The number of likely N-dealkylation sites (N-methyl/N-ethyl adjacent to an activating group) is 1. The lowest BCUT2D eigenvalue weighted by molar-refractivity contribution is 0.245. The van der Waals surface area contributed by atoms with E-state index in [1.54, 1.807) is 12.1 Å². The summed E-state index contributed by atoms with van der Waals surface area (Å²) in [6.07, 6.45) is 3.73. The highest BCUT2D eigenvalue weighted by Gasteiger charge is 2.27. The van der Waals surface area contributed by atoms with E-state index in [0.717, 1.165) is 42.5 Å². The summed E-state index contributed by atoms with van der Waals surface area (Å²) in [4.78, 5) is 6.77. The third-order valence-electron chi connectivity index (χ3n) is 5.27. The van der Waals surface area contributed by atoms with E-state index < -0.39 is 0 Å². The average molecular weight is 323 g/mol. The molecule has 0 fully saturated rings. The average Bonchev–Trinajstić information content (AvgIpc) is 2.90. The van der Waals surface area contributed by atoms with E-state index in [9.17, 15) is 4.39 Å². The zero-order valence-corrected chi connectivity index (χ0v) is 14.2. The first-order valence-electron chi connectivity index (χ1n) is 8.56. The second-order valence-corrected chi connectivity index (χ2v) is 6.65. The predicted molar refractivity (Wildman–Crippen MR) is 94.6 cm³/mol. The van der Waals surface area contributed by atoms with Gasteiger partial charge in [0.25, 0.3) is 0 Å². The smallest absolute Gasteiger partial charge is 0.123 e. The second kappa shape index (κ2) is 6.02. The summed E-state index contributed by atoms with van der Waals surface area (Å²) in [5.74, 6) is -0.160. The van der Waals surface area contributed by atoms with Crippen LogP contribution in [-0.2, 0) is 19.4 Å². The first-order chi connectivity index (χ1) is 11.6. The number of halogens is 1. The monoisotopic (exact) mass is 323 g/mol. The summed E-state index contributed by atoms with van der Waals surface area (Å²) in [6.45, 7) is 4.13. The topological polar surface area (TPSA) is 21.1 Å². The van der Waals surface area contributed by atoms with Gasteiger partial charge < -0.3 is 4.57 Å². The summed E-state index contributed by atoms with van der Waals surface area (Å²) in [7, 11) is 2.14. The number of fused-ring (bicyclic) bond motifs is 3. The molecule has 4 rings (SSSR count). The molecule has 1 aliphatic heterocycles. The Hall–Kier alpha value is -2.20. The van der Waals surface area contributed by atoms with Crippen molar-refractivity contribution in [1.82, 2.24) is 14.5 Å². The van der Waals surface area contributed by atoms with Gasteiger partial charge in [0.2, 0.25) is 0 Å². The Morgan fingerprint density at radius 1 is 1.25 bits per heavy atom. The second-order valence-electron chi connectivity index (χ2n) is 6.65. The Bertz CT molecular complexity index is 869. The standard InChI is InChI=1S/C20H22FN3/c1-14-20-17-13-15(21)6-7-18(17)24(19(20)9-11-23(14)2)12-8-16-5-3-4-10-22-16/h3-7,10,13-14H,8-9,11-12H2,1-2H3. The SMILES string of the molecule is CC1c2c(n(CCc3ccccn3)c3ccc(F)cc23)CCN1C. The highest BCUT2D eigenvalue weighted by Crippen LogP contribution is 2.37. The van der Waals surface area contributed by atoms with Crippen LogP contribution in [0.15, 0.2) is 42.6 Å². The molecule has 0 bridgehead atoms. The van der Waals surface area contributed by atoms with Crippen LogP contribution in [0.5, 0.6) is 0 Å². The van der Waals surface area contributed by atoms with Crippen molar-refractivity contribution in [2.45, 2.75) is 32.4 Å². The molecule has 24 heavy (non-hydrogen) atoms. The van der Waals surface area contributed by atoms with E-state index in [0.29, 0.717) is 6.04 Å². The van der Waals surface area contributed by atoms with E-state index in [2.05, 4.69) is 34.5 Å². The van der Waals surface area contributed by atoms with Crippen LogP contribution in [0.2, 0.25) is 0 Å². The number of pyridine rings is 1. The third-order valence-corrected chi connectivity index (χ3v) is 5.27. The quantitative estimate of drug-likeness (QED) is 0.727. The fraction of sp³-hybridized carbons (Fsp3) is 0.350. The van der Waals surface area contributed by atoms with E-state index in [1.807, 2.05) is 24.4 Å². The van der Waals surface area contributed by atoms with Crippen LogP contribution in [0.1, 0.15) is 29.9 Å². The van der Waals surface area contributed by atoms with E-state index >= 15 is 0 Å². The van der Waals surface area contributed by atoms with Gasteiger partial charge in [-0.2, -0.15) is 0 Å². The van der Waals surface area contributed by atoms with Crippen molar-refractivity contribution in [1.29, 1.82) is 0 Å². The first-order valence-corrected chi connectivity index (χ1v) is 8.56. The minimum absolute atomic E-state index is 0.160. The highest BCUT2D eigenvalue weighted by molar-refractivity contribution is 5.86. The Labute approximate surface area is 141 Å². The van der Waals surface area contributed by atoms with Gasteiger partial charge in [0.05, 0.1) is 0 Å². The van der Waals surface area contributed by atoms with Gasteiger partial charge in [-0.1, -0.05) is 6.07 Å². The Morgan fingerprint density at radius 2 is 2.12 bits per heavy atom. The molecule has 0 aliphatic carbocycles. The van der Waals surface area contributed by atoms with Gasteiger partial charge in [0.15, 0.2) is 0 Å². The molecule has 1 unspecified atom stereocenters. The molecule has 1 aliphatic rings. The maximum absolute atomic E-state index is 13.9. The summed E-state index contributed by atoms with van der Waals surface area (Å²) in [5, 5.41) is 1.06. The van der Waals surface area contributed by atoms with E-state index in [-0.39, 0.29) is 5.82 Å². The number of hydrogen-bond acceptors (Lipinski definition) is 2. The molecule has 0 spiro atoms. The van der Waals surface area contributed by atoms with Crippen molar-refractivity contribution in [2.75, 3.05) is 13.6 Å². The van der Waals surface area contributed by atoms with Gasteiger partial charge in [0, 0.05) is 60.5 Å². The van der Waals surface area contributed by atoms with Crippen LogP contribution in [0.4, 0.5) is 4.39 Å². The fourth-order valence-corrected chi connectivity index (χ4v) is 3.87. The number of rotatable bonds is 3. The molecule has 2 aromatic heterocycles. The maximum Gasteiger partial charge on any atom is 0.123 e. The number of aromatic nitrogens is 2. The van der Waals surface area contributed by atoms with Gasteiger partial charge in [-0.25, -0.2) is 4.39 Å². The number of hydrogen-bond donors (Lipinski definition) is 0. The summed E-state index contributed by atoms with van der Waals surface area (Å²) in [6, 6.07) is 11.5. The van der Waals surface area contributed by atoms with Crippen molar-refractivity contribution >= 4 is 10.9 Å². The molecule has 3 nitrogen and oxygen atoms in total. The van der Waals surface area contributed by atoms with Crippen LogP contribution in [-0.4, -0.2) is 28.0 Å². The largest absolute Gasteiger partial charge is 0.344 e. The lowest BCUT2D eigenvalue weighted by atomic mass is 9.97. The first kappa shape index (κ1) is 15.3. The molecule has 0 saturated heterocycles. The number of nitrogens with zero attached hydrogens (tertiary/aromatic N) is 3. The molecule has 0 amide bonds. The van der Waals surface area contributed by atoms with E-state index in [4.69, 9.17) is 0 Å². The Balaban J connectivity index is 1.80. The lowest BCUT2D eigenvalue weighted by Gasteiger charge is -2.31. The highest BCUT2D eigenvalue weighted by atomic mass is 19.1. The van der Waals surface area contributed by atoms with Crippen LogP contribution in [0.3, 0.4) is 0 Å². The minimum atomic E-state index is -0.160. The molecular formula is C20H22FN3. The molecule has 124 valence electrons. The van der Waals surface area contributed by atoms with Gasteiger partial charge in [-0.05, 0) is 49.9 Å². The molecule has 1 aromatic carbocycles. The Morgan fingerprint density at radius 3 is 2.92 bits per heavy atom. The van der Waals surface area contributed by atoms with Crippen LogP contribution in [0, 0.1) is 5.82 Å². The van der Waals surface area contributed by atoms with Crippen LogP contribution >= 0.6 is 0 Å². The number of aryl methyl sites for hydroxylation is 2.